The number of hydrogen-bond acceptors (Lipinski definition) is 5. The first kappa shape index (κ1) is 15.0. The lowest BCUT2D eigenvalue weighted by atomic mass is 10.6. The molecule has 0 unspecified atom stereocenters. The molecule has 0 saturated carbocycles. The fraction of sp³-hybridized carbons (Fsp3) is 1.00. The van der Waals surface area contributed by atoms with Crippen LogP contribution >= 0.6 is 37.3 Å². The van der Waals surface area contributed by atoms with Crippen LogP contribution in [0.5, 0.6) is 0 Å². The maximum Gasteiger partial charge on any atom is 0.477 e. The standard InChI is InChI=1S/C3H11NO6P2S2/c1-3(2)13-14-4-11(5,6)10-12(7,8)9/h3,5-6H,1-2H3,(H2,7,8,9). The molecule has 0 saturated heterocycles. The van der Waals surface area contributed by atoms with Crippen molar-refractivity contribution >= 4 is 37.3 Å². The van der Waals surface area contributed by atoms with E-state index in [2.05, 4.69) is 8.46 Å². The van der Waals surface area contributed by atoms with Crippen molar-refractivity contribution in [3.63, 3.8) is 0 Å². The third-order valence-electron chi connectivity index (χ3n) is 0.591. The number of nitrogens with zero attached hydrogens (tertiary/aromatic N) is 1. The van der Waals surface area contributed by atoms with Crippen LogP contribution in [0.2, 0.25) is 0 Å². The second kappa shape index (κ2) is 5.89. The average Bonchev–Trinajstić information content (AvgIpc) is 1.78. The Bertz CT molecular complexity index is 270. The lowest BCUT2D eigenvalue weighted by Gasteiger charge is -2.10. The summed E-state index contributed by atoms with van der Waals surface area (Å²) < 4.78 is 17.1. The average molecular weight is 283 g/mol. The second-order valence-corrected chi connectivity index (χ2v) is 8.01. The van der Waals surface area contributed by atoms with Gasteiger partial charge in [-0.15, -0.1) is 4.15 Å². The van der Waals surface area contributed by atoms with E-state index in [1.165, 1.54) is 10.8 Å². The van der Waals surface area contributed by atoms with E-state index in [1.807, 2.05) is 13.8 Å². The molecule has 14 heavy (non-hydrogen) atoms. The highest BCUT2D eigenvalue weighted by Crippen LogP contribution is 2.58. The molecule has 0 aromatic carbocycles. The molecule has 11 heteroatoms. The van der Waals surface area contributed by atoms with Gasteiger partial charge in [-0.3, -0.25) is 0 Å². The van der Waals surface area contributed by atoms with Gasteiger partial charge in [0.2, 0.25) is 0 Å². The molecule has 0 spiro atoms. The van der Waals surface area contributed by atoms with E-state index in [0.29, 0.717) is 0 Å². The summed E-state index contributed by atoms with van der Waals surface area (Å²) in [4.78, 5) is 34.4. The zero-order chi connectivity index (χ0) is 11.4. The molecule has 0 amide bonds. The molecule has 0 fully saturated rings. The Labute approximate surface area is 89.3 Å². The Hall–Kier alpha value is 0.960. The minimum absolute atomic E-state index is 0.193. The predicted octanol–water partition coefficient (Wildman–Crippen LogP) is 1.73. The molecule has 0 bridgehead atoms. The number of phosphoric acid groups is 1. The summed E-state index contributed by atoms with van der Waals surface area (Å²) in [7, 11) is -7.29. The van der Waals surface area contributed by atoms with Crippen LogP contribution in [0.1, 0.15) is 13.8 Å². The highest BCUT2D eigenvalue weighted by atomic mass is 33.1. The highest BCUT2D eigenvalue weighted by molar-refractivity contribution is 8.76. The van der Waals surface area contributed by atoms with Gasteiger partial charge in [-0.1, -0.05) is 24.6 Å². The minimum atomic E-state index is -4.92. The largest absolute Gasteiger partial charge is 0.477 e. The monoisotopic (exact) mass is 283 g/mol. The predicted molar refractivity (Wildman–Crippen MR) is 57.2 cm³/mol. The van der Waals surface area contributed by atoms with Gasteiger partial charge in [0.25, 0.3) is 0 Å². The SMILES string of the molecule is CC(C)SSN=P(O)(O)OP(=O)(O)O. The van der Waals surface area contributed by atoms with Gasteiger partial charge >= 0.3 is 15.6 Å². The Kier molecular flexibility index (Phi) is 6.29. The van der Waals surface area contributed by atoms with E-state index in [0.717, 1.165) is 11.0 Å². The van der Waals surface area contributed by atoms with E-state index < -0.39 is 15.6 Å². The first-order chi connectivity index (χ1) is 6.12. The molecule has 86 valence electrons. The third kappa shape index (κ3) is 9.51. The van der Waals surface area contributed by atoms with Gasteiger partial charge in [0.15, 0.2) is 0 Å². The molecule has 0 aliphatic heterocycles. The lowest BCUT2D eigenvalue weighted by molar-refractivity contribution is 0.255. The van der Waals surface area contributed by atoms with Crippen LogP contribution in [0.3, 0.4) is 0 Å². The van der Waals surface area contributed by atoms with Crippen LogP contribution in [0.25, 0.3) is 0 Å². The maximum atomic E-state index is 10.2. The van der Waals surface area contributed by atoms with E-state index in [-0.39, 0.29) is 5.25 Å². The van der Waals surface area contributed by atoms with Crippen molar-refractivity contribution in [1.82, 2.24) is 0 Å². The zero-order valence-corrected chi connectivity index (χ0v) is 10.8. The van der Waals surface area contributed by atoms with Gasteiger partial charge in [0.05, 0.1) is 0 Å². The molecular formula is C3H11NO6P2S2. The van der Waals surface area contributed by atoms with Crippen LogP contribution in [-0.4, -0.2) is 24.8 Å². The molecule has 0 aromatic rings. The Morgan fingerprint density at radius 1 is 1.29 bits per heavy atom. The molecule has 0 radical (unpaired) electrons. The van der Waals surface area contributed by atoms with Gasteiger partial charge in [-0.25, -0.2) is 8.88 Å². The summed E-state index contributed by atoms with van der Waals surface area (Å²) >= 11 is 0. The first-order valence-corrected chi connectivity index (χ1v) is 8.55. The highest BCUT2D eigenvalue weighted by Gasteiger charge is 2.26. The van der Waals surface area contributed by atoms with Crippen LogP contribution in [0, 0.1) is 0 Å². The third-order valence-corrected chi connectivity index (χ3v) is 5.92. The van der Waals surface area contributed by atoms with Crippen molar-refractivity contribution < 1.29 is 28.4 Å². The number of rotatable bonds is 5. The van der Waals surface area contributed by atoms with E-state index in [9.17, 15) is 4.57 Å². The van der Waals surface area contributed by atoms with Gasteiger partial charge in [0.1, 0.15) is 0 Å². The molecule has 0 aliphatic rings. The van der Waals surface area contributed by atoms with Crippen molar-refractivity contribution in [1.29, 1.82) is 0 Å². The smallest absolute Gasteiger partial charge is 0.318 e. The van der Waals surface area contributed by atoms with E-state index in [1.54, 1.807) is 0 Å². The van der Waals surface area contributed by atoms with Crippen LogP contribution in [-0.2, 0) is 8.88 Å². The Morgan fingerprint density at radius 3 is 2.14 bits per heavy atom. The van der Waals surface area contributed by atoms with Crippen molar-refractivity contribution in [3.8, 4) is 0 Å². The topological polar surface area (TPSA) is 120 Å². The van der Waals surface area contributed by atoms with Crippen molar-refractivity contribution in [2.75, 3.05) is 0 Å². The quantitative estimate of drug-likeness (QED) is 0.342. The Morgan fingerprint density at radius 2 is 1.79 bits per heavy atom. The Balaban J connectivity index is 4.24. The molecule has 0 aliphatic carbocycles. The molecule has 0 heterocycles. The molecule has 4 N–H and O–H groups in total. The number of hydrogen-bond donors (Lipinski definition) is 4. The van der Waals surface area contributed by atoms with Crippen molar-refractivity contribution in [2.45, 2.75) is 19.1 Å². The van der Waals surface area contributed by atoms with Crippen LogP contribution in [0.15, 0.2) is 4.15 Å². The second-order valence-electron chi connectivity index (χ2n) is 2.39. The molecular weight excluding hydrogens is 272 g/mol. The summed E-state index contributed by atoms with van der Waals surface area (Å²) in [6, 6.07) is 0. The van der Waals surface area contributed by atoms with Crippen molar-refractivity contribution in [2.24, 2.45) is 4.15 Å². The fourth-order valence-corrected chi connectivity index (χ4v) is 4.15. The molecule has 0 atom stereocenters. The van der Waals surface area contributed by atoms with Gasteiger partial charge < -0.3 is 19.6 Å². The van der Waals surface area contributed by atoms with Gasteiger partial charge in [-0.05, 0) is 0 Å². The summed E-state index contributed by atoms with van der Waals surface area (Å²) in [6.07, 6.45) is 0. The summed E-state index contributed by atoms with van der Waals surface area (Å²) in [5.74, 6) is 0. The lowest BCUT2D eigenvalue weighted by Crippen LogP contribution is -1.86. The summed E-state index contributed by atoms with van der Waals surface area (Å²) in [5, 5.41) is 0.193. The minimum Gasteiger partial charge on any atom is -0.318 e. The summed E-state index contributed by atoms with van der Waals surface area (Å²) in [6.45, 7) is 3.71. The zero-order valence-electron chi connectivity index (χ0n) is 7.34. The molecule has 0 aromatic heterocycles. The van der Waals surface area contributed by atoms with E-state index in [4.69, 9.17) is 19.6 Å². The van der Waals surface area contributed by atoms with Gasteiger partial charge in [-0.2, -0.15) is 0 Å². The van der Waals surface area contributed by atoms with Crippen LogP contribution in [0.4, 0.5) is 0 Å². The fourth-order valence-electron chi connectivity index (χ4n) is 0.306. The van der Waals surface area contributed by atoms with E-state index >= 15 is 0 Å². The molecule has 7 nitrogen and oxygen atoms in total. The maximum absolute atomic E-state index is 10.2. The normalized spacial score (nSPS) is 13.4. The van der Waals surface area contributed by atoms with Gasteiger partial charge in [0, 0.05) is 16.2 Å². The first-order valence-electron chi connectivity index (χ1n) is 3.29. The van der Waals surface area contributed by atoms with Crippen molar-refractivity contribution in [3.05, 3.63) is 0 Å². The summed E-state index contributed by atoms with van der Waals surface area (Å²) in [5.41, 5.74) is 0. The van der Waals surface area contributed by atoms with Crippen LogP contribution < -0.4 is 0 Å². The molecule has 0 rings (SSSR count).